The molecule has 1 unspecified atom stereocenters. The van der Waals surface area contributed by atoms with Crippen LogP contribution in [-0.2, 0) is 4.79 Å². The minimum absolute atomic E-state index is 0.00632. The van der Waals surface area contributed by atoms with Crippen LogP contribution in [0.3, 0.4) is 0 Å². The SMILES string of the molecule is CC(C)c1cc(C(=O)[C@]2(CN[C@H](C(=O)O)C(C(C)C)C3CCCC3)CCCN2)c(O)cc1O. The number of nitrogens with one attached hydrogen (secondary N) is 2. The summed E-state index contributed by atoms with van der Waals surface area (Å²) in [4.78, 5) is 26.1. The van der Waals surface area contributed by atoms with E-state index < -0.39 is 17.6 Å². The van der Waals surface area contributed by atoms with E-state index in [0.29, 0.717) is 24.4 Å². The smallest absolute Gasteiger partial charge is 0.321 e. The molecule has 1 heterocycles. The van der Waals surface area contributed by atoms with Gasteiger partial charge in [-0.05, 0) is 54.7 Å². The Morgan fingerprint density at radius 3 is 2.27 bits per heavy atom. The van der Waals surface area contributed by atoms with Gasteiger partial charge in [-0.1, -0.05) is 53.4 Å². The van der Waals surface area contributed by atoms with Gasteiger partial charge in [-0.2, -0.15) is 0 Å². The van der Waals surface area contributed by atoms with Crippen molar-refractivity contribution in [3.05, 3.63) is 23.3 Å². The lowest BCUT2D eigenvalue weighted by Crippen LogP contribution is -2.59. The first-order chi connectivity index (χ1) is 15.6. The summed E-state index contributed by atoms with van der Waals surface area (Å²) >= 11 is 0. The lowest BCUT2D eigenvalue weighted by molar-refractivity contribution is -0.142. The van der Waals surface area contributed by atoms with Crippen LogP contribution in [-0.4, -0.2) is 51.7 Å². The zero-order valence-corrected chi connectivity index (χ0v) is 20.4. The second-order valence-corrected chi connectivity index (χ2v) is 10.6. The molecule has 7 heteroatoms. The summed E-state index contributed by atoms with van der Waals surface area (Å²) in [5, 5.41) is 37.4. The van der Waals surface area contributed by atoms with Crippen LogP contribution in [0.15, 0.2) is 12.1 Å². The van der Waals surface area contributed by atoms with Crippen LogP contribution in [0.25, 0.3) is 0 Å². The van der Waals surface area contributed by atoms with Gasteiger partial charge in [-0.15, -0.1) is 0 Å². The highest BCUT2D eigenvalue weighted by Gasteiger charge is 2.45. The Bertz CT molecular complexity index is 854. The van der Waals surface area contributed by atoms with Crippen molar-refractivity contribution >= 4 is 11.8 Å². The summed E-state index contributed by atoms with van der Waals surface area (Å²) in [6.07, 6.45) is 5.73. The molecule has 1 aliphatic carbocycles. The van der Waals surface area contributed by atoms with E-state index in [1.807, 2.05) is 13.8 Å². The minimum atomic E-state index is -0.992. The van der Waals surface area contributed by atoms with Crippen molar-refractivity contribution < 1.29 is 24.9 Å². The number of aliphatic carboxylic acids is 1. The predicted molar refractivity (Wildman–Crippen MR) is 128 cm³/mol. The number of carboxylic acid groups (broad SMARTS) is 1. The van der Waals surface area contributed by atoms with Crippen LogP contribution in [0, 0.1) is 17.8 Å². The Morgan fingerprint density at radius 2 is 1.76 bits per heavy atom. The number of carbonyl (C=O) groups is 2. The van der Waals surface area contributed by atoms with Crippen molar-refractivity contribution in [2.24, 2.45) is 17.8 Å². The Morgan fingerprint density at radius 1 is 1.09 bits per heavy atom. The maximum absolute atomic E-state index is 13.7. The Hall–Kier alpha value is -2.12. The summed E-state index contributed by atoms with van der Waals surface area (Å²) in [6.45, 7) is 8.82. The van der Waals surface area contributed by atoms with Gasteiger partial charge in [0.15, 0.2) is 5.78 Å². The number of phenolic OH excluding ortho intramolecular Hbond substituents is 2. The van der Waals surface area contributed by atoms with Gasteiger partial charge >= 0.3 is 5.97 Å². The van der Waals surface area contributed by atoms with Gasteiger partial charge in [0.1, 0.15) is 17.5 Å². The van der Waals surface area contributed by atoms with Gasteiger partial charge in [0, 0.05) is 12.6 Å². The molecule has 1 saturated heterocycles. The van der Waals surface area contributed by atoms with E-state index in [1.165, 1.54) is 6.07 Å². The highest BCUT2D eigenvalue weighted by Crippen LogP contribution is 2.38. The lowest BCUT2D eigenvalue weighted by atomic mass is 9.76. The van der Waals surface area contributed by atoms with Gasteiger partial charge in [-0.3, -0.25) is 9.59 Å². The van der Waals surface area contributed by atoms with Crippen LogP contribution < -0.4 is 10.6 Å². The fraction of sp³-hybridized carbons (Fsp3) is 0.692. The summed E-state index contributed by atoms with van der Waals surface area (Å²) in [6, 6.07) is 2.07. The fourth-order valence-corrected chi connectivity index (χ4v) is 5.94. The average molecular weight is 461 g/mol. The van der Waals surface area contributed by atoms with E-state index in [1.54, 1.807) is 6.07 Å². The Kier molecular flexibility index (Phi) is 8.06. The molecule has 3 rings (SSSR count). The van der Waals surface area contributed by atoms with Crippen LogP contribution in [0.5, 0.6) is 11.5 Å². The largest absolute Gasteiger partial charge is 0.508 e. The Balaban J connectivity index is 1.88. The molecule has 1 aliphatic heterocycles. The minimum Gasteiger partial charge on any atom is -0.508 e. The molecule has 0 bridgehead atoms. The highest BCUT2D eigenvalue weighted by molar-refractivity contribution is 6.06. The molecule has 0 amide bonds. The normalized spacial score (nSPS) is 23.3. The summed E-state index contributed by atoms with van der Waals surface area (Å²) < 4.78 is 0. The number of rotatable bonds is 10. The van der Waals surface area contributed by atoms with Crippen molar-refractivity contribution in [3.63, 3.8) is 0 Å². The average Bonchev–Trinajstić information content (AvgIpc) is 3.42. The fourth-order valence-electron chi connectivity index (χ4n) is 5.94. The monoisotopic (exact) mass is 460 g/mol. The number of carbonyl (C=O) groups excluding carboxylic acids is 1. The van der Waals surface area contributed by atoms with Crippen molar-refractivity contribution in [1.29, 1.82) is 0 Å². The zero-order valence-electron chi connectivity index (χ0n) is 20.4. The number of benzene rings is 1. The topological polar surface area (TPSA) is 119 Å². The van der Waals surface area contributed by atoms with E-state index >= 15 is 0 Å². The number of ketones is 1. The number of aromatic hydroxyl groups is 2. The predicted octanol–water partition coefficient (Wildman–Crippen LogP) is 4.03. The number of phenols is 2. The van der Waals surface area contributed by atoms with Gasteiger partial charge in [-0.25, -0.2) is 0 Å². The van der Waals surface area contributed by atoms with Crippen LogP contribution in [0.1, 0.15) is 88.1 Å². The lowest BCUT2D eigenvalue weighted by Gasteiger charge is -2.36. The summed E-state index contributed by atoms with van der Waals surface area (Å²) in [5.74, 6) is -0.876. The van der Waals surface area contributed by atoms with Crippen LogP contribution in [0.4, 0.5) is 0 Å². The molecule has 1 aromatic carbocycles. The number of hydrogen-bond acceptors (Lipinski definition) is 6. The van der Waals surface area contributed by atoms with Crippen molar-refractivity contribution in [2.75, 3.05) is 13.1 Å². The van der Waals surface area contributed by atoms with Crippen LogP contribution >= 0.6 is 0 Å². The molecular formula is C26H40N2O5. The Labute approximate surface area is 197 Å². The number of carboxylic acids is 1. The van der Waals surface area contributed by atoms with Crippen molar-refractivity contribution in [3.8, 4) is 11.5 Å². The molecule has 184 valence electrons. The van der Waals surface area contributed by atoms with E-state index in [-0.39, 0.29) is 47.1 Å². The van der Waals surface area contributed by atoms with Gasteiger partial charge in [0.05, 0.1) is 11.1 Å². The molecular weight excluding hydrogens is 420 g/mol. The summed E-state index contributed by atoms with van der Waals surface area (Å²) in [5.41, 5.74) is -0.231. The molecule has 0 aromatic heterocycles. The third kappa shape index (κ3) is 5.35. The first-order valence-corrected chi connectivity index (χ1v) is 12.4. The van der Waals surface area contributed by atoms with Crippen molar-refractivity contribution in [1.82, 2.24) is 10.6 Å². The second-order valence-electron chi connectivity index (χ2n) is 10.6. The van der Waals surface area contributed by atoms with E-state index in [0.717, 1.165) is 32.1 Å². The van der Waals surface area contributed by atoms with E-state index in [2.05, 4.69) is 24.5 Å². The van der Waals surface area contributed by atoms with Crippen LogP contribution in [0.2, 0.25) is 0 Å². The quantitative estimate of drug-likeness (QED) is 0.334. The molecule has 1 aromatic rings. The first-order valence-electron chi connectivity index (χ1n) is 12.4. The van der Waals surface area contributed by atoms with Crippen molar-refractivity contribution in [2.45, 2.75) is 83.7 Å². The highest BCUT2D eigenvalue weighted by atomic mass is 16.4. The third-order valence-electron chi connectivity index (χ3n) is 7.68. The molecule has 7 nitrogen and oxygen atoms in total. The van der Waals surface area contributed by atoms with Gasteiger partial charge in [0.25, 0.3) is 0 Å². The zero-order chi connectivity index (χ0) is 24.3. The van der Waals surface area contributed by atoms with E-state index in [4.69, 9.17) is 0 Å². The number of Topliss-reactive ketones (excluding diaryl/α,β-unsaturated/α-hetero) is 1. The van der Waals surface area contributed by atoms with Gasteiger partial charge < -0.3 is 26.0 Å². The second kappa shape index (κ2) is 10.4. The molecule has 2 aliphatic rings. The maximum Gasteiger partial charge on any atom is 0.321 e. The molecule has 5 N–H and O–H groups in total. The first kappa shape index (κ1) is 25.5. The standard InChI is InChI=1S/C26H40N2O5/c1-15(2)18-12-19(21(30)13-20(18)29)24(31)26(10-7-11-28-26)14-27-23(25(32)33)22(16(3)4)17-8-5-6-9-17/h12-13,15-17,22-23,27-30H,5-11,14H2,1-4H3,(H,32,33)/t22?,23-,26+/m0/s1. The molecule has 3 atom stereocenters. The molecule has 1 saturated carbocycles. The summed E-state index contributed by atoms with van der Waals surface area (Å²) in [7, 11) is 0. The molecule has 2 fully saturated rings. The number of hydrogen-bond donors (Lipinski definition) is 5. The molecule has 0 spiro atoms. The molecule has 33 heavy (non-hydrogen) atoms. The molecule has 0 radical (unpaired) electrons. The maximum atomic E-state index is 13.7. The van der Waals surface area contributed by atoms with Gasteiger partial charge in [0.2, 0.25) is 0 Å². The van der Waals surface area contributed by atoms with E-state index in [9.17, 15) is 24.9 Å². The third-order valence-corrected chi connectivity index (χ3v) is 7.68.